The summed E-state index contributed by atoms with van der Waals surface area (Å²) < 4.78 is 0. The maximum absolute atomic E-state index is 3.48. The molecule has 1 N–H and O–H groups in total. The van der Waals surface area contributed by atoms with Gasteiger partial charge in [-0.25, -0.2) is 0 Å². The SMILES string of the molecule is CCN(CC1(CNC)CCCCC1)C1CCCCC1. The second-order valence-corrected chi connectivity index (χ2v) is 6.95. The van der Waals surface area contributed by atoms with E-state index in [1.165, 1.54) is 83.8 Å². The Kier molecular flexibility index (Phi) is 6.15. The van der Waals surface area contributed by atoms with E-state index in [4.69, 9.17) is 0 Å². The second-order valence-electron chi connectivity index (χ2n) is 6.95. The van der Waals surface area contributed by atoms with Crippen molar-refractivity contribution in [2.24, 2.45) is 5.41 Å². The van der Waals surface area contributed by atoms with Gasteiger partial charge in [0.15, 0.2) is 0 Å². The lowest BCUT2D eigenvalue weighted by molar-refractivity contribution is 0.0659. The van der Waals surface area contributed by atoms with Crippen LogP contribution >= 0.6 is 0 Å². The van der Waals surface area contributed by atoms with Gasteiger partial charge in [-0.3, -0.25) is 0 Å². The molecule has 0 aliphatic heterocycles. The van der Waals surface area contributed by atoms with Crippen LogP contribution in [-0.2, 0) is 0 Å². The fourth-order valence-electron chi connectivity index (χ4n) is 4.44. The Morgan fingerprint density at radius 2 is 1.63 bits per heavy atom. The minimum Gasteiger partial charge on any atom is -0.319 e. The molecule has 0 bridgehead atoms. The van der Waals surface area contributed by atoms with Crippen LogP contribution in [-0.4, -0.2) is 37.6 Å². The zero-order valence-corrected chi connectivity index (χ0v) is 13.2. The van der Waals surface area contributed by atoms with Crippen molar-refractivity contribution < 1.29 is 0 Å². The molecule has 0 spiro atoms. The zero-order chi connectivity index (χ0) is 13.6. The van der Waals surface area contributed by atoms with Crippen molar-refractivity contribution in [3.05, 3.63) is 0 Å². The largest absolute Gasteiger partial charge is 0.319 e. The van der Waals surface area contributed by atoms with Crippen molar-refractivity contribution >= 4 is 0 Å². The van der Waals surface area contributed by atoms with Crippen LogP contribution in [0.15, 0.2) is 0 Å². The predicted molar refractivity (Wildman–Crippen MR) is 83.6 cm³/mol. The molecule has 0 heterocycles. The highest BCUT2D eigenvalue weighted by atomic mass is 15.2. The molecule has 0 aromatic carbocycles. The Bertz CT molecular complexity index is 234. The zero-order valence-electron chi connectivity index (χ0n) is 13.2. The molecule has 0 radical (unpaired) electrons. The number of rotatable bonds is 6. The first-order valence-electron chi connectivity index (χ1n) is 8.68. The summed E-state index contributed by atoms with van der Waals surface area (Å²) in [6.07, 6.45) is 14.5. The van der Waals surface area contributed by atoms with Gasteiger partial charge < -0.3 is 10.2 Å². The van der Waals surface area contributed by atoms with E-state index in [9.17, 15) is 0 Å². The normalized spacial score (nSPS) is 24.8. The highest BCUT2D eigenvalue weighted by Gasteiger charge is 2.34. The predicted octanol–water partition coefficient (Wildman–Crippen LogP) is 3.81. The van der Waals surface area contributed by atoms with Crippen LogP contribution in [0.25, 0.3) is 0 Å². The minimum atomic E-state index is 0.570. The Morgan fingerprint density at radius 1 is 1.00 bits per heavy atom. The van der Waals surface area contributed by atoms with E-state index < -0.39 is 0 Å². The van der Waals surface area contributed by atoms with Gasteiger partial charge in [-0.1, -0.05) is 45.4 Å². The molecule has 0 aromatic rings. The molecule has 2 aliphatic rings. The van der Waals surface area contributed by atoms with E-state index >= 15 is 0 Å². The van der Waals surface area contributed by atoms with Gasteiger partial charge in [-0.15, -0.1) is 0 Å². The molecule has 0 aromatic heterocycles. The monoisotopic (exact) mass is 266 g/mol. The van der Waals surface area contributed by atoms with Gasteiger partial charge in [0.2, 0.25) is 0 Å². The summed E-state index contributed by atoms with van der Waals surface area (Å²) >= 11 is 0. The Morgan fingerprint density at radius 3 is 2.21 bits per heavy atom. The van der Waals surface area contributed by atoms with E-state index in [1.807, 2.05) is 0 Å². The standard InChI is InChI=1S/C17H34N2/c1-3-19(16-10-6-4-7-11-16)15-17(14-18-2)12-8-5-9-13-17/h16,18H,3-15H2,1-2H3. The van der Waals surface area contributed by atoms with E-state index in [-0.39, 0.29) is 0 Å². The van der Waals surface area contributed by atoms with E-state index in [2.05, 4.69) is 24.2 Å². The van der Waals surface area contributed by atoms with E-state index in [0.29, 0.717) is 5.41 Å². The molecule has 2 saturated carbocycles. The number of nitrogens with zero attached hydrogens (tertiary/aromatic N) is 1. The van der Waals surface area contributed by atoms with Crippen molar-refractivity contribution in [3.63, 3.8) is 0 Å². The number of hydrogen-bond donors (Lipinski definition) is 1. The van der Waals surface area contributed by atoms with Gasteiger partial charge in [0.25, 0.3) is 0 Å². The van der Waals surface area contributed by atoms with Gasteiger partial charge in [0.1, 0.15) is 0 Å². The van der Waals surface area contributed by atoms with Gasteiger partial charge in [-0.05, 0) is 44.7 Å². The van der Waals surface area contributed by atoms with Crippen molar-refractivity contribution in [3.8, 4) is 0 Å². The van der Waals surface area contributed by atoms with Crippen LogP contribution in [0.5, 0.6) is 0 Å². The first-order valence-corrected chi connectivity index (χ1v) is 8.68. The molecule has 2 nitrogen and oxygen atoms in total. The third-order valence-corrected chi connectivity index (χ3v) is 5.50. The van der Waals surface area contributed by atoms with E-state index in [0.717, 1.165) is 6.04 Å². The first-order chi connectivity index (χ1) is 9.29. The summed E-state index contributed by atoms with van der Waals surface area (Å²) in [4.78, 5) is 2.82. The molecule has 112 valence electrons. The van der Waals surface area contributed by atoms with Crippen LogP contribution in [0.3, 0.4) is 0 Å². The Hall–Kier alpha value is -0.0800. The van der Waals surface area contributed by atoms with Gasteiger partial charge >= 0.3 is 0 Å². The highest BCUT2D eigenvalue weighted by molar-refractivity contribution is 4.89. The summed E-state index contributed by atoms with van der Waals surface area (Å²) in [6.45, 7) is 6.17. The molecular weight excluding hydrogens is 232 g/mol. The summed E-state index contributed by atoms with van der Waals surface area (Å²) in [5.41, 5.74) is 0.570. The first kappa shape index (κ1) is 15.3. The topological polar surface area (TPSA) is 15.3 Å². The Balaban J connectivity index is 1.96. The van der Waals surface area contributed by atoms with Crippen molar-refractivity contribution in [1.29, 1.82) is 0 Å². The molecular formula is C17H34N2. The Labute approximate surface area is 120 Å². The second kappa shape index (κ2) is 7.64. The summed E-state index contributed by atoms with van der Waals surface area (Å²) in [5, 5.41) is 3.48. The molecule has 0 saturated heterocycles. The lowest BCUT2D eigenvalue weighted by Crippen LogP contribution is -2.48. The van der Waals surface area contributed by atoms with Gasteiger partial charge in [0, 0.05) is 19.1 Å². The minimum absolute atomic E-state index is 0.570. The summed E-state index contributed by atoms with van der Waals surface area (Å²) in [7, 11) is 2.13. The van der Waals surface area contributed by atoms with Crippen LogP contribution < -0.4 is 5.32 Å². The quantitative estimate of drug-likeness (QED) is 0.786. The van der Waals surface area contributed by atoms with Crippen molar-refractivity contribution in [2.45, 2.75) is 77.2 Å². The van der Waals surface area contributed by atoms with Crippen LogP contribution in [0.1, 0.15) is 71.1 Å². The smallest absolute Gasteiger partial charge is 0.00953 e. The van der Waals surface area contributed by atoms with Crippen LogP contribution in [0, 0.1) is 5.41 Å². The fraction of sp³-hybridized carbons (Fsp3) is 1.00. The van der Waals surface area contributed by atoms with Crippen LogP contribution in [0.4, 0.5) is 0 Å². The van der Waals surface area contributed by atoms with Gasteiger partial charge in [-0.2, -0.15) is 0 Å². The third-order valence-electron chi connectivity index (χ3n) is 5.50. The molecule has 0 amide bonds. The molecule has 19 heavy (non-hydrogen) atoms. The lowest BCUT2D eigenvalue weighted by atomic mass is 9.73. The molecule has 2 rings (SSSR count). The molecule has 2 heteroatoms. The lowest BCUT2D eigenvalue weighted by Gasteiger charge is -2.44. The highest BCUT2D eigenvalue weighted by Crippen LogP contribution is 2.37. The average molecular weight is 266 g/mol. The van der Waals surface area contributed by atoms with Crippen molar-refractivity contribution in [2.75, 3.05) is 26.7 Å². The third kappa shape index (κ3) is 4.19. The van der Waals surface area contributed by atoms with E-state index in [1.54, 1.807) is 0 Å². The fourth-order valence-corrected chi connectivity index (χ4v) is 4.44. The average Bonchev–Trinajstić information content (AvgIpc) is 2.47. The van der Waals surface area contributed by atoms with Crippen LogP contribution in [0.2, 0.25) is 0 Å². The number of hydrogen-bond acceptors (Lipinski definition) is 2. The molecule has 2 fully saturated rings. The molecule has 2 aliphatic carbocycles. The van der Waals surface area contributed by atoms with Crippen molar-refractivity contribution in [1.82, 2.24) is 10.2 Å². The number of nitrogens with one attached hydrogen (secondary N) is 1. The molecule has 0 unspecified atom stereocenters. The van der Waals surface area contributed by atoms with Gasteiger partial charge in [0.05, 0.1) is 0 Å². The summed E-state index contributed by atoms with van der Waals surface area (Å²) in [6, 6.07) is 0.884. The maximum Gasteiger partial charge on any atom is 0.00953 e. The maximum atomic E-state index is 3.48. The molecule has 0 atom stereocenters. The summed E-state index contributed by atoms with van der Waals surface area (Å²) in [5.74, 6) is 0.